The van der Waals surface area contributed by atoms with E-state index in [4.69, 9.17) is 5.73 Å². The topological polar surface area (TPSA) is 56.0 Å². The zero-order valence-corrected chi connectivity index (χ0v) is 8.65. The predicted octanol–water partition coefficient (Wildman–Crippen LogP) is 2.42. The standard InChI is InChI=1S/C12H8F2N2O/c13-10-2-1-9(11(14)12(10)15)8-3-7(6-17)4-16-5-8/h1-6H,15H2. The van der Waals surface area contributed by atoms with E-state index < -0.39 is 17.3 Å². The maximum Gasteiger partial charge on any atom is 0.156 e. The van der Waals surface area contributed by atoms with Gasteiger partial charge in [0.25, 0.3) is 0 Å². The first kappa shape index (κ1) is 11.2. The van der Waals surface area contributed by atoms with Gasteiger partial charge in [0.2, 0.25) is 0 Å². The van der Waals surface area contributed by atoms with Crippen molar-refractivity contribution >= 4 is 12.0 Å². The molecule has 0 amide bonds. The zero-order chi connectivity index (χ0) is 12.4. The normalized spacial score (nSPS) is 10.2. The lowest BCUT2D eigenvalue weighted by molar-refractivity contribution is 0.112. The Morgan fingerprint density at radius 2 is 2.00 bits per heavy atom. The van der Waals surface area contributed by atoms with E-state index in [2.05, 4.69) is 4.98 Å². The second-order valence-corrected chi connectivity index (χ2v) is 3.45. The number of rotatable bonds is 2. The first-order valence-corrected chi connectivity index (χ1v) is 4.77. The number of nitrogen functional groups attached to an aromatic ring is 1. The molecule has 0 bridgehead atoms. The van der Waals surface area contributed by atoms with Crippen LogP contribution in [-0.4, -0.2) is 11.3 Å². The summed E-state index contributed by atoms with van der Waals surface area (Å²) in [6, 6.07) is 3.78. The molecule has 2 N–H and O–H groups in total. The number of pyridine rings is 1. The van der Waals surface area contributed by atoms with Crippen LogP contribution >= 0.6 is 0 Å². The highest BCUT2D eigenvalue weighted by Crippen LogP contribution is 2.27. The van der Waals surface area contributed by atoms with Gasteiger partial charge in [-0.15, -0.1) is 0 Å². The molecule has 0 atom stereocenters. The average Bonchev–Trinajstić information content (AvgIpc) is 2.36. The van der Waals surface area contributed by atoms with Crippen LogP contribution in [0.1, 0.15) is 10.4 Å². The number of hydrogen-bond acceptors (Lipinski definition) is 3. The third-order valence-electron chi connectivity index (χ3n) is 2.33. The van der Waals surface area contributed by atoms with Crippen molar-refractivity contribution in [1.29, 1.82) is 0 Å². The fourth-order valence-corrected chi connectivity index (χ4v) is 1.46. The van der Waals surface area contributed by atoms with Gasteiger partial charge in [0.05, 0.1) is 0 Å². The molecule has 3 nitrogen and oxygen atoms in total. The Balaban J connectivity index is 2.60. The van der Waals surface area contributed by atoms with Gasteiger partial charge < -0.3 is 5.73 Å². The van der Waals surface area contributed by atoms with Gasteiger partial charge in [0.15, 0.2) is 12.1 Å². The van der Waals surface area contributed by atoms with Crippen LogP contribution < -0.4 is 5.73 Å². The summed E-state index contributed by atoms with van der Waals surface area (Å²) in [6.07, 6.45) is 3.32. The van der Waals surface area contributed by atoms with Gasteiger partial charge in [-0.25, -0.2) is 8.78 Å². The molecule has 0 spiro atoms. The Kier molecular flexibility index (Phi) is 2.82. The fourth-order valence-electron chi connectivity index (χ4n) is 1.46. The molecule has 1 aromatic heterocycles. The lowest BCUT2D eigenvalue weighted by atomic mass is 10.0. The van der Waals surface area contributed by atoms with E-state index in [1.807, 2.05) is 0 Å². The molecule has 2 aromatic rings. The largest absolute Gasteiger partial charge is 0.394 e. The van der Waals surface area contributed by atoms with Crippen LogP contribution in [0.15, 0.2) is 30.6 Å². The van der Waals surface area contributed by atoms with Gasteiger partial charge in [0, 0.05) is 29.1 Å². The highest BCUT2D eigenvalue weighted by atomic mass is 19.1. The lowest BCUT2D eigenvalue weighted by Gasteiger charge is -2.06. The first-order chi connectivity index (χ1) is 8.13. The molecule has 0 unspecified atom stereocenters. The fraction of sp³-hybridized carbons (Fsp3) is 0. The van der Waals surface area contributed by atoms with E-state index in [0.717, 1.165) is 6.07 Å². The van der Waals surface area contributed by atoms with Crippen molar-refractivity contribution in [2.45, 2.75) is 0 Å². The van der Waals surface area contributed by atoms with E-state index in [0.29, 0.717) is 17.4 Å². The summed E-state index contributed by atoms with van der Waals surface area (Å²) in [4.78, 5) is 14.4. The van der Waals surface area contributed by atoms with Gasteiger partial charge in [0.1, 0.15) is 11.5 Å². The molecule has 0 aliphatic heterocycles. The summed E-state index contributed by atoms with van der Waals surface area (Å²) in [5.41, 5.74) is 5.50. The molecule has 2 rings (SSSR count). The van der Waals surface area contributed by atoms with E-state index in [1.165, 1.54) is 24.5 Å². The number of benzene rings is 1. The number of hydrogen-bond donors (Lipinski definition) is 1. The molecule has 0 aliphatic carbocycles. The summed E-state index contributed by atoms with van der Waals surface area (Å²) < 4.78 is 26.7. The Morgan fingerprint density at radius 1 is 1.24 bits per heavy atom. The van der Waals surface area contributed by atoms with Gasteiger partial charge in [-0.1, -0.05) is 0 Å². The van der Waals surface area contributed by atoms with Crippen LogP contribution in [0.2, 0.25) is 0 Å². The summed E-state index contributed by atoms with van der Waals surface area (Å²) >= 11 is 0. The summed E-state index contributed by atoms with van der Waals surface area (Å²) in [5.74, 6) is -1.67. The van der Waals surface area contributed by atoms with Crippen molar-refractivity contribution in [2.24, 2.45) is 0 Å². The minimum Gasteiger partial charge on any atom is -0.394 e. The second-order valence-electron chi connectivity index (χ2n) is 3.45. The van der Waals surface area contributed by atoms with Crippen LogP contribution in [0, 0.1) is 11.6 Å². The third kappa shape index (κ3) is 1.99. The molecule has 0 saturated carbocycles. The van der Waals surface area contributed by atoms with Crippen LogP contribution in [0.25, 0.3) is 11.1 Å². The maximum atomic E-state index is 13.7. The van der Waals surface area contributed by atoms with Crippen LogP contribution in [0.5, 0.6) is 0 Å². The van der Waals surface area contributed by atoms with Crippen molar-refractivity contribution in [3.8, 4) is 11.1 Å². The van der Waals surface area contributed by atoms with E-state index in [-0.39, 0.29) is 5.56 Å². The van der Waals surface area contributed by atoms with Crippen molar-refractivity contribution in [1.82, 2.24) is 4.98 Å². The molecular formula is C12H8F2N2O. The Hall–Kier alpha value is -2.30. The number of nitrogens with zero attached hydrogens (tertiary/aromatic N) is 1. The van der Waals surface area contributed by atoms with Crippen LogP contribution in [-0.2, 0) is 0 Å². The van der Waals surface area contributed by atoms with Gasteiger partial charge in [-0.05, 0) is 18.2 Å². The number of anilines is 1. The number of nitrogens with two attached hydrogens (primary N) is 1. The molecule has 0 saturated heterocycles. The van der Waals surface area contributed by atoms with E-state index in [9.17, 15) is 13.6 Å². The summed E-state index contributed by atoms with van der Waals surface area (Å²) in [5, 5.41) is 0. The maximum absolute atomic E-state index is 13.7. The van der Waals surface area contributed by atoms with Gasteiger partial charge in [-0.3, -0.25) is 9.78 Å². The molecule has 86 valence electrons. The number of halogens is 2. The SMILES string of the molecule is Nc1c(F)ccc(-c2cncc(C=O)c2)c1F. The lowest BCUT2D eigenvalue weighted by Crippen LogP contribution is -1.98. The predicted molar refractivity (Wildman–Crippen MR) is 59.4 cm³/mol. The van der Waals surface area contributed by atoms with Gasteiger partial charge >= 0.3 is 0 Å². The number of carbonyl (C=O) groups is 1. The van der Waals surface area contributed by atoms with Gasteiger partial charge in [-0.2, -0.15) is 0 Å². The van der Waals surface area contributed by atoms with Crippen molar-refractivity contribution in [2.75, 3.05) is 5.73 Å². The van der Waals surface area contributed by atoms with E-state index >= 15 is 0 Å². The average molecular weight is 234 g/mol. The molecule has 0 aliphatic rings. The molecule has 1 heterocycles. The quantitative estimate of drug-likeness (QED) is 0.641. The third-order valence-corrected chi connectivity index (χ3v) is 2.33. The molecule has 17 heavy (non-hydrogen) atoms. The highest BCUT2D eigenvalue weighted by molar-refractivity contribution is 5.78. The molecule has 1 aromatic carbocycles. The molecule has 0 fully saturated rings. The number of carbonyl (C=O) groups excluding carboxylic acids is 1. The summed E-state index contributed by atoms with van der Waals surface area (Å²) in [7, 11) is 0. The summed E-state index contributed by atoms with van der Waals surface area (Å²) in [6.45, 7) is 0. The smallest absolute Gasteiger partial charge is 0.156 e. The minimum atomic E-state index is -0.852. The van der Waals surface area contributed by atoms with Crippen LogP contribution in [0.3, 0.4) is 0 Å². The minimum absolute atomic E-state index is 0.111. The zero-order valence-electron chi connectivity index (χ0n) is 8.65. The molecule has 5 heteroatoms. The van der Waals surface area contributed by atoms with Crippen molar-refractivity contribution in [3.63, 3.8) is 0 Å². The van der Waals surface area contributed by atoms with Crippen molar-refractivity contribution in [3.05, 3.63) is 47.8 Å². The van der Waals surface area contributed by atoms with E-state index in [1.54, 1.807) is 0 Å². The van der Waals surface area contributed by atoms with Crippen molar-refractivity contribution < 1.29 is 13.6 Å². The second kappa shape index (κ2) is 4.29. The highest BCUT2D eigenvalue weighted by Gasteiger charge is 2.12. The first-order valence-electron chi connectivity index (χ1n) is 4.77. The number of aldehydes is 1. The monoisotopic (exact) mass is 234 g/mol. The molecule has 0 radical (unpaired) electrons. The number of aromatic nitrogens is 1. The Labute approximate surface area is 95.9 Å². The Morgan fingerprint density at radius 3 is 2.71 bits per heavy atom. The molecular weight excluding hydrogens is 226 g/mol. The Bertz CT molecular complexity index is 585. The van der Waals surface area contributed by atoms with Crippen LogP contribution in [0.4, 0.5) is 14.5 Å².